The van der Waals surface area contributed by atoms with E-state index in [1.165, 1.54) is 12.0 Å². The number of hydrogen-bond donors (Lipinski definition) is 1. The lowest BCUT2D eigenvalue weighted by atomic mass is 10.1. The van der Waals surface area contributed by atoms with Crippen molar-refractivity contribution in [3.63, 3.8) is 0 Å². The lowest BCUT2D eigenvalue weighted by Crippen LogP contribution is -2.31. The predicted octanol–water partition coefficient (Wildman–Crippen LogP) is 2.89. The van der Waals surface area contributed by atoms with Gasteiger partial charge in [-0.3, -0.25) is 4.90 Å². The normalized spacial score (nSPS) is 11.3. The molecule has 2 N–H and O–H groups in total. The van der Waals surface area contributed by atoms with Gasteiger partial charge in [0.05, 0.1) is 0 Å². The molecular weight excluding hydrogens is 184 g/mol. The SMILES string of the molecule is CCCN(Cc1ccccc1N)C(C)C. The molecule has 15 heavy (non-hydrogen) atoms. The van der Waals surface area contributed by atoms with Gasteiger partial charge >= 0.3 is 0 Å². The van der Waals surface area contributed by atoms with Crippen LogP contribution in [0.2, 0.25) is 0 Å². The van der Waals surface area contributed by atoms with E-state index >= 15 is 0 Å². The zero-order chi connectivity index (χ0) is 11.3. The average Bonchev–Trinajstić information content (AvgIpc) is 2.20. The zero-order valence-corrected chi connectivity index (χ0v) is 10.0. The Morgan fingerprint density at radius 3 is 2.47 bits per heavy atom. The van der Waals surface area contributed by atoms with Crippen LogP contribution in [0.4, 0.5) is 5.69 Å². The summed E-state index contributed by atoms with van der Waals surface area (Å²) in [5, 5.41) is 0. The van der Waals surface area contributed by atoms with Gasteiger partial charge in [0.2, 0.25) is 0 Å². The molecule has 0 bridgehead atoms. The molecule has 0 saturated heterocycles. The van der Waals surface area contributed by atoms with E-state index in [-0.39, 0.29) is 0 Å². The lowest BCUT2D eigenvalue weighted by molar-refractivity contribution is 0.213. The second kappa shape index (κ2) is 5.76. The van der Waals surface area contributed by atoms with Crippen LogP contribution in [0.3, 0.4) is 0 Å². The second-order valence-corrected chi connectivity index (χ2v) is 4.26. The summed E-state index contributed by atoms with van der Waals surface area (Å²) in [6.45, 7) is 8.76. The van der Waals surface area contributed by atoms with E-state index in [0.29, 0.717) is 6.04 Å². The Morgan fingerprint density at radius 2 is 1.93 bits per heavy atom. The Labute approximate surface area is 93.1 Å². The quantitative estimate of drug-likeness (QED) is 0.751. The largest absolute Gasteiger partial charge is 0.398 e. The first-order valence-electron chi connectivity index (χ1n) is 5.72. The van der Waals surface area contributed by atoms with Crippen molar-refractivity contribution in [3.05, 3.63) is 29.8 Å². The van der Waals surface area contributed by atoms with E-state index in [1.807, 2.05) is 12.1 Å². The fourth-order valence-corrected chi connectivity index (χ4v) is 1.70. The molecule has 1 aromatic carbocycles. The number of nitrogens with zero attached hydrogens (tertiary/aromatic N) is 1. The fourth-order valence-electron chi connectivity index (χ4n) is 1.70. The number of nitrogen functional groups attached to an aromatic ring is 1. The molecule has 84 valence electrons. The van der Waals surface area contributed by atoms with E-state index in [0.717, 1.165) is 18.8 Å². The Hall–Kier alpha value is -1.02. The van der Waals surface area contributed by atoms with Crippen molar-refractivity contribution in [1.29, 1.82) is 0 Å². The van der Waals surface area contributed by atoms with Gasteiger partial charge in [-0.1, -0.05) is 25.1 Å². The summed E-state index contributed by atoms with van der Waals surface area (Å²) in [7, 11) is 0. The van der Waals surface area contributed by atoms with Crippen LogP contribution in [-0.2, 0) is 6.54 Å². The van der Waals surface area contributed by atoms with E-state index in [2.05, 4.69) is 37.8 Å². The third-order valence-corrected chi connectivity index (χ3v) is 2.67. The smallest absolute Gasteiger partial charge is 0.0359 e. The second-order valence-electron chi connectivity index (χ2n) is 4.26. The summed E-state index contributed by atoms with van der Waals surface area (Å²) in [6, 6.07) is 8.69. The van der Waals surface area contributed by atoms with Crippen LogP contribution in [-0.4, -0.2) is 17.5 Å². The van der Waals surface area contributed by atoms with E-state index in [4.69, 9.17) is 5.73 Å². The minimum Gasteiger partial charge on any atom is -0.398 e. The van der Waals surface area contributed by atoms with Gasteiger partial charge in [-0.05, 0) is 38.4 Å². The Morgan fingerprint density at radius 1 is 1.27 bits per heavy atom. The number of para-hydroxylation sites is 1. The maximum absolute atomic E-state index is 5.94. The fraction of sp³-hybridized carbons (Fsp3) is 0.538. The van der Waals surface area contributed by atoms with Gasteiger partial charge in [-0.15, -0.1) is 0 Å². The van der Waals surface area contributed by atoms with Gasteiger partial charge in [-0.25, -0.2) is 0 Å². The number of rotatable bonds is 5. The minimum absolute atomic E-state index is 0.574. The molecule has 0 saturated carbocycles. The Bertz CT molecular complexity index is 294. The molecule has 0 atom stereocenters. The molecule has 0 aliphatic rings. The highest BCUT2D eigenvalue weighted by Gasteiger charge is 2.09. The molecular formula is C13H22N2. The van der Waals surface area contributed by atoms with E-state index in [9.17, 15) is 0 Å². The first kappa shape index (κ1) is 12.1. The molecule has 0 aromatic heterocycles. The van der Waals surface area contributed by atoms with Crippen LogP contribution in [0, 0.1) is 0 Å². The maximum atomic E-state index is 5.94. The molecule has 0 heterocycles. The van der Waals surface area contributed by atoms with Crippen molar-refractivity contribution in [1.82, 2.24) is 4.90 Å². The van der Waals surface area contributed by atoms with Crippen molar-refractivity contribution in [2.75, 3.05) is 12.3 Å². The molecule has 0 fully saturated rings. The van der Waals surface area contributed by atoms with Crippen LogP contribution in [0.15, 0.2) is 24.3 Å². The number of benzene rings is 1. The standard InChI is InChI=1S/C13H22N2/c1-4-9-15(11(2)3)10-12-7-5-6-8-13(12)14/h5-8,11H,4,9-10,14H2,1-3H3. The Balaban J connectivity index is 2.69. The van der Waals surface area contributed by atoms with Crippen LogP contribution in [0.25, 0.3) is 0 Å². The van der Waals surface area contributed by atoms with Crippen molar-refractivity contribution in [2.45, 2.75) is 39.8 Å². The molecule has 0 aliphatic heterocycles. The van der Waals surface area contributed by atoms with Gasteiger partial charge < -0.3 is 5.73 Å². The number of hydrogen-bond acceptors (Lipinski definition) is 2. The van der Waals surface area contributed by atoms with Crippen LogP contribution in [0.5, 0.6) is 0 Å². The number of nitrogens with two attached hydrogens (primary N) is 1. The summed E-state index contributed by atoms with van der Waals surface area (Å²) in [5.41, 5.74) is 8.08. The predicted molar refractivity (Wildman–Crippen MR) is 66.7 cm³/mol. The molecule has 0 spiro atoms. The molecule has 1 aromatic rings. The van der Waals surface area contributed by atoms with Crippen molar-refractivity contribution >= 4 is 5.69 Å². The maximum Gasteiger partial charge on any atom is 0.0359 e. The first-order valence-corrected chi connectivity index (χ1v) is 5.72. The monoisotopic (exact) mass is 206 g/mol. The number of anilines is 1. The van der Waals surface area contributed by atoms with E-state index in [1.54, 1.807) is 0 Å². The molecule has 0 aliphatic carbocycles. The molecule has 1 rings (SSSR count). The van der Waals surface area contributed by atoms with Gasteiger partial charge in [0.15, 0.2) is 0 Å². The third kappa shape index (κ3) is 3.56. The first-order chi connectivity index (χ1) is 7.15. The van der Waals surface area contributed by atoms with E-state index < -0.39 is 0 Å². The summed E-state index contributed by atoms with van der Waals surface area (Å²) in [6.07, 6.45) is 1.19. The lowest BCUT2D eigenvalue weighted by Gasteiger charge is -2.26. The molecule has 0 radical (unpaired) electrons. The highest BCUT2D eigenvalue weighted by Crippen LogP contribution is 2.15. The zero-order valence-electron chi connectivity index (χ0n) is 10.0. The van der Waals surface area contributed by atoms with Gasteiger partial charge in [0, 0.05) is 18.3 Å². The molecule has 0 unspecified atom stereocenters. The van der Waals surface area contributed by atoms with Crippen molar-refractivity contribution in [3.8, 4) is 0 Å². The van der Waals surface area contributed by atoms with Gasteiger partial charge in [-0.2, -0.15) is 0 Å². The minimum atomic E-state index is 0.574. The molecule has 2 heteroatoms. The molecule has 2 nitrogen and oxygen atoms in total. The Kier molecular flexibility index (Phi) is 4.63. The summed E-state index contributed by atoms with van der Waals surface area (Å²) < 4.78 is 0. The average molecular weight is 206 g/mol. The van der Waals surface area contributed by atoms with Crippen molar-refractivity contribution in [2.24, 2.45) is 0 Å². The summed E-state index contributed by atoms with van der Waals surface area (Å²) >= 11 is 0. The van der Waals surface area contributed by atoms with Crippen LogP contribution >= 0.6 is 0 Å². The highest BCUT2D eigenvalue weighted by atomic mass is 15.1. The van der Waals surface area contributed by atoms with Gasteiger partial charge in [0.25, 0.3) is 0 Å². The topological polar surface area (TPSA) is 29.3 Å². The van der Waals surface area contributed by atoms with Gasteiger partial charge in [0.1, 0.15) is 0 Å². The van der Waals surface area contributed by atoms with Crippen LogP contribution in [0.1, 0.15) is 32.8 Å². The third-order valence-electron chi connectivity index (χ3n) is 2.67. The summed E-state index contributed by atoms with van der Waals surface area (Å²) in [5.74, 6) is 0. The van der Waals surface area contributed by atoms with Crippen molar-refractivity contribution < 1.29 is 0 Å². The summed E-state index contributed by atoms with van der Waals surface area (Å²) in [4.78, 5) is 2.45. The highest BCUT2D eigenvalue weighted by molar-refractivity contribution is 5.46. The van der Waals surface area contributed by atoms with Crippen LogP contribution < -0.4 is 5.73 Å². The molecule has 0 amide bonds.